The first-order valence-electron chi connectivity index (χ1n) is 6.75. The van der Waals surface area contributed by atoms with Crippen molar-refractivity contribution in [2.24, 2.45) is 11.7 Å². The molecule has 0 aromatic heterocycles. The Morgan fingerprint density at radius 2 is 2.21 bits per heavy atom. The third-order valence-corrected chi connectivity index (χ3v) is 4.04. The van der Waals surface area contributed by atoms with Gasteiger partial charge in [-0.2, -0.15) is 0 Å². The lowest BCUT2D eigenvalue weighted by atomic mass is 9.85. The van der Waals surface area contributed by atoms with E-state index in [0.717, 1.165) is 35.9 Å². The van der Waals surface area contributed by atoms with Crippen molar-refractivity contribution >= 4 is 17.2 Å². The molecule has 0 aliphatic heterocycles. The van der Waals surface area contributed by atoms with Gasteiger partial charge in [-0.3, -0.25) is 0 Å². The summed E-state index contributed by atoms with van der Waals surface area (Å²) in [4.78, 5) is 2.79. The van der Waals surface area contributed by atoms with Gasteiger partial charge in [-0.15, -0.1) is 0 Å². The Kier molecular flexibility index (Phi) is 4.77. The van der Waals surface area contributed by atoms with Crippen LogP contribution < -0.4 is 10.5 Å². The molecule has 0 heterocycles. The summed E-state index contributed by atoms with van der Waals surface area (Å²) in [7, 11) is 3.86. The van der Waals surface area contributed by atoms with E-state index in [-0.39, 0.29) is 0 Å². The maximum atomic E-state index is 5.69. The number of thiocarbonyl (C=S) groups is 1. The number of hydrogen-bond acceptors (Lipinski definition) is 3. The fourth-order valence-electron chi connectivity index (χ4n) is 2.53. The molecular formula is C15H22N2OS. The van der Waals surface area contributed by atoms with Crippen molar-refractivity contribution in [3.8, 4) is 5.75 Å². The van der Waals surface area contributed by atoms with Crippen molar-refractivity contribution < 1.29 is 4.74 Å². The van der Waals surface area contributed by atoms with Gasteiger partial charge >= 0.3 is 0 Å². The molecule has 4 heteroatoms. The maximum Gasteiger partial charge on any atom is 0.123 e. The number of nitrogens with two attached hydrogens (primary N) is 1. The summed E-state index contributed by atoms with van der Waals surface area (Å²) in [5.41, 5.74) is 7.75. The predicted octanol–water partition coefficient (Wildman–Crippen LogP) is 2.56. The summed E-state index contributed by atoms with van der Waals surface area (Å²) in [6, 6.07) is 5.90. The first kappa shape index (κ1) is 14.3. The molecule has 0 unspecified atom stereocenters. The van der Waals surface area contributed by atoms with Crippen molar-refractivity contribution in [2.45, 2.75) is 25.8 Å². The number of ether oxygens (including phenoxy) is 1. The van der Waals surface area contributed by atoms with Crippen molar-refractivity contribution in [3.63, 3.8) is 0 Å². The molecule has 1 aliphatic carbocycles. The molecule has 1 aromatic carbocycles. The lowest BCUT2D eigenvalue weighted by Gasteiger charge is -2.30. The zero-order chi connectivity index (χ0) is 13.8. The summed E-state index contributed by atoms with van der Waals surface area (Å²) in [5.74, 6) is 1.77. The van der Waals surface area contributed by atoms with Crippen molar-refractivity contribution in [1.82, 2.24) is 4.90 Å². The standard InChI is InChI=1S/C15H22N2OS/c1-17(9-11-4-3-5-11)10-13-8-12(15(16)19)6-7-14(13)18-2/h6-8,11H,3-5,9-10H2,1-2H3,(H2,16,19). The highest BCUT2D eigenvalue weighted by Crippen LogP contribution is 2.28. The van der Waals surface area contributed by atoms with Crippen LogP contribution in [0.3, 0.4) is 0 Å². The SMILES string of the molecule is COc1ccc(C(N)=S)cc1CN(C)CC1CCC1. The van der Waals surface area contributed by atoms with Crippen LogP contribution in [0.25, 0.3) is 0 Å². The fraction of sp³-hybridized carbons (Fsp3) is 0.533. The summed E-state index contributed by atoms with van der Waals surface area (Å²) in [6.45, 7) is 2.02. The molecule has 1 saturated carbocycles. The molecule has 3 nitrogen and oxygen atoms in total. The van der Waals surface area contributed by atoms with E-state index in [2.05, 4.69) is 11.9 Å². The van der Waals surface area contributed by atoms with Crippen LogP contribution in [0.15, 0.2) is 18.2 Å². The Bertz CT molecular complexity index is 457. The summed E-state index contributed by atoms with van der Waals surface area (Å²) in [5, 5.41) is 0. The van der Waals surface area contributed by atoms with Gasteiger partial charge in [0.1, 0.15) is 10.7 Å². The number of methoxy groups -OCH3 is 1. The van der Waals surface area contributed by atoms with Crippen molar-refractivity contribution in [1.29, 1.82) is 0 Å². The Morgan fingerprint density at radius 1 is 1.47 bits per heavy atom. The van der Waals surface area contributed by atoms with Gasteiger partial charge in [-0.25, -0.2) is 0 Å². The molecule has 0 saturated heterocycles. The quantitative estimate of drug-likeness (QED) is 0.812. The molecule has 1 aromatic rings. The number of hydrogen-bond donors (Lipinski definition) is 1. The van der Waals surface area contributed by atoms with Gasteiger partial charge in [-0.1, -0.05) is 18.6 Å². The van der Waals surface area contributed by atoms with Crippen molar-refractivity contribution in [2.75, 3.05) is 20.7 Å². The van der Waals surface area contributed by atoms with Gasteiger partial charge in [0, 0.05) is 24.2 Å². The van der Waals surface area contributed by atoms with E-state index in [1.54, 1.807) is 7.11 Å². The normalized spacial score (nSPS) is 15.3. The Morgan fingerprint density at radius 3 is 2.74 bits per heavy atom. The predicted molar refractivity (Wildman–Crippen MR) is 82.6 cm³/mol. The van der Waals surface area contributed by atoms with Crippen LogP contribution in [-0.4, -0.2) is 30.6 Å². The van der Waals surface area contributed by atoms with E-state index >= 15 is 0 Å². The Hall–Kier alpha value is -1.13. The smallest absolute Gasteiger partial charge is 0.123 e. The zero-order valence-corrected chi connectivity index (χ0v) is 12.5. The van der Waals surface area contributed by atoms with E-state index in [4.69, 9.17) is 22.7 Å². The molecule has 104 valence electrons. The molecular weight excluding hydrogens is 256 g/mol. The van der Waals surface area contributed by atoms with Gasteiger partial charge in [0.15, 0.2) is 0 Å². The Balaban J connectivity index is 2.07. The molecule has 1 fully saturated rings. The molecule has 0 spiro atoms. The Labute approximate surface area is 120 Å². The molecule has 19 heavy (non-hydrogen) atoms. The second kappa shape index (κ2) is 6.35. The molecule has 0 amide bonds. The zero-order valence-electron chi connectivity index (χ0n) is 11.7. The molecule has 2 N–H and O–H groups in total. The van der Waals surface area contributed by atoms with Crippen LogP contribution in [0, 0.1) is 5.92 Å². The van der Waals surface area contributed by atoms with Crippen LogP contribution in [0.2, 0.25) is 0 Å². The first-order valence-corrected chi connectivity index (χ1v) is 7.16. The summed E-state index contributed by atoms with van der Waals surface area (Å²) in [6.07, 6.45) is 4.13. The van der Waals surface area contributed by atoms with E-state index in [9.17, 15) is 0 Å². The van der Waals surface area contributed by atoms with E-state index in [0.29, 0.717) is 4.99 Å². The van der Waals surface area contributed by atoms with Crippen LogP contribution in [0.1, 0.15) is 30.4 Å². The first-order chi connectivity index (χ1) is 9.10. The minimum atomic E-state index is 0.436. The van der Waals surface area contributed by atoms with Gasteiger partial charge in [-0.05, 0) is 44.0 Å². The minimum absolute atomic E-state index is 0.436. The van der Waals surface area contributed by atoms with E-state index in [1.165, 1.54) is 19.3 Å². The fourth-order valence-corrected chi connectivity index (χ4v) is 2.65. The third-order valence-electron chi connectivity index (χ3n) is 3.80. The van der Waals surface area contributed by atoms with Gasteiger partial charge in [0.2, 0.25) is 0 Å². The molecule has 2 rings (SSSR count). The topological polar surface area (TPSA) is 38.5 Å². The number of benzene rings is 1. The monoisotopic (exact) mass is 278 g/mol. The van der Waals surface area contributed by atoms with E-state index in [1.807, 2.05) is 18.2 Å². The van der Waals surface area contributed by atoms with Crippen LogP contribution in [0.5, 0.6) is 5.75 Å². The van der Waals surface area contributed by atoms with Gasteiger partial charge in [0.25, 0.3) is 0 Å². The average molecular weight is 278 g/mol. The molecule has 1 aliphatic rings. The second-order valence-electron chi connectivity index (χ2n) is 5.38. The van der Waals surface area contributed by atoms with E-state index < -0.39 is 0 Å². The largest absolute Gasteiger partial charge is 0.496 e. The lowest BCUT2D eigenvalue weighted by molar-refractivity contribution is 0.199. The third kappa shape index (κ3) is 3.67. The van der Waals surface area contributed by atoms with Crippen LogP contribution >= 0.6 is 12.2 Å². The van der Waals surface area contributed by atoms with Crippen LogP contribution in [0.4, 0.5) is 0 Å². The minimum Gasteiger partial charge on any atom is -0.496 e. The molecule has 0 radical (unpaired) electrons. The summed E-state index contributed by atoms with van der Waals surface area (Å²) >= 11 is 5.04. The highest BCUT2D eigenvalue weighted by molar-refractivity contribution is 7.80. The van der Waals surface area contributed by atoms with Gasteiger partial charge in [0.05, 0.1) is 7.11 Å². The number of rotatable bonds is 6. The highest BCUT2D eigenvalue weighted by atomic mass is 32.1. The number of nitrogens with zero attached hydrogens (tertiary/aromatic N) is 1. The molecule has 0 atom stereocenters. The van der Waals surface area contributed by atoms with Crippen LogP contribution in [-0.2, 0) is 6.54 Å². The van der Waals surface area contributed by atoms with Crippen molar-refractivity contribution in [3.05, 3.63) is 29.3 Å². The molecule has 0 bridgehead atoms. The maximum absolute atomic E-state index is 5.69. The average Bonchev–Trinajstić information content (AvgIpc) is 2.33. The lowest BCUT2D eigenvalue weighted by Crippen LogP contribution is -2.29. The summed E-state index contributed by atoms with van der Waals surface area (Å²) < 4.78 is 5.42. The van der Waals surface area contributed by atoms with Gasteiger partial charge < -0.3 is 15.4 Å². The highest BCUT2D eigenvalue weighted by Gasteiger charge is 2.19. The second-order valence-corrected chi connectivity index (χ2v) is 5.82.